The highest BCUT2D eigenvalue weighted by Gasteiger charge is 2.49. The SMILES string of the molecule is COC(=O)c1cccc(CONC(=O)[C@@H]2c3ccccc3C(=O)N([C@@H]3CCCC[C@H]3NS(C)=O)[C@H]2c2ccc(Cl)cc2Cl)c1.O. The number of halogens is 2. The normalized spacial score (nSPS) is 21.7. The van der Waals surface area contributed by atoms with Crippen molar-refractivity contribution in [2.24, 2.45) is 0 Å². The van der Waals surface area contributed by atoms with Gasteiger partial charge in [0.05, 0.1) is 42.2 Å². The van der Waals surface area contributed by atoms with Crippen LogP contribution in [0.2, 0.25) is 10.0 Å². The summed E-state index contributed by atoms with van der Waals surface area (Å²) in [6.45, 7) is -0.0170. The molecule has 1 heterocycles. The van der Waals surface area contributed by atoms with Crippen molar-refractivity contribution < 1.29 is 33.6 Å². The van der Waals surface area contributed by atoms with Gasteiger partial charge in [0, 0.05) is 33.9 Å². The van der Waals surface area contributed by atoms with E-state index in [1.807, 2.05) is 0 Å². The average Bonchev–Trinajstić information content (AvgIpc) is 3.01. The maximum atomic E-state index is 14.3. The highest BCUT2D eigenvalue weighted by molar-refractivity contribution is 7.82. The summed E-state index contributed by atoms with van der Waals surface area (Å²) in [4.78, 5) is 47.9. The minimum Gasteiger partial charge on any atom is -0.465 e. The van der Waals surface area contributed by atoms with Gasteiger partial charge in [0.2, 0.25) is 0 Å². The molecule has 5 rings (SSSR count). The topological polar surface area (TPSA) is 146 Å². The van der Waals surface area contributed by atoms with Gasteiger partial charge in [-0.05, 0) is 59.9 Å². The van der Waals surface area contributed by atoms with Crippen LogP contribution in [0.5, 0.6) is 0 Å². The van der Waals surface area contributed by atoms with Crippen LogP contribution in [0.1, 0.15) is 75.0 Å². The van der Waals surface area contributed by atoms with Crippen molar-refractivity contribution in [2.75, 3.05) is 13.4 Å². The predicted molar refractivity (Wildman–Crippen MR) is 172 cm³/mol. The number of ether oxygens (including phenoxy) is 1. The zero-order valence-electron chi connectivity index (χ0n) is 24.8. The summed E-state index contributed by atoms with van der Waals surface area (Å²) in [5.74, 6) is -2.10. The fraction of sp³-hybridized carbons (Fsp3) is 0.344. The number of carbonyl (C=O) groups is 3. The molecule has 1 aliphatic heterocycles. The second kappa shape index (κ2) is 15.3. The number of nitrogens with zero attached hydrogens (tertiary/aromatic N) is 1. The average molecular weight is 677 g/mol. The number of amides is 2. The van der Waals surface area contributed by atoms with Crippen LogP contribution in [0.3, 0.4) is 0 Å². The summed E-state index contributed by atoms with van der Waals surface area (Å²) in [5.41, 5.74) is 5.10. The fourth-order valence-electron chi connectivity index (χ4n) is 6.23. The molecule has 1 fully saturated rings. The van der Waals surface area contributed by atoms with Crippen LogP contribution in [0.4, 0.5) is 0 Å². The highest BCUT2D eigenvalue weighted by Crippen LogP contribution is 2.47. The standard InChI is InChI=1S/C32H33Cl2N3O6S.H2O/c1-42-32(40)20-9-7-8-19(16-20)18-43-35-30(38)28-22-10-3-4-11-23(22)31(39)37(27-13-6-5-12-26(27)36-44(2)41)29(28)24-15-14-21(33)17-25(24)34;/h3-4,7-11,14-17,26-29,36H,5-6,12-13,18H2,1-2H3,(H,35,38);1H2/t26-,27-,28-,29+,44?;/m1./s1. The Morgan fingerprint density at radius 3 is 2.49 bits per heavy atom. The van der Waals surface area contributed by atoms with E-state index >= 15 is 0 Å². The molecule has 0 aromatic heterocycles. The Labute approximate surface area is 274 Å². The minimum absolute atomic E-state index is 0. The monoisotopic (exact) mass is 675 g/mol. The van der Waals surface area contributed by atoms with E-state index < -0.39 is 34.8 Å². The molecule has 0 saturated heterocycles. The molecule has 3 aromatic carbocycles. The first-order chi connectivity index (χ1) is 21.2. The molecule has 45 heavy (non-hydrogen) atoms. The van der Waals surface area contributed by atoms with Crippen molar-refractivity contribution in [3.05, 3.63) is 105 Å². The Bertz CT molecular complexity index is 1590. The summed E-state index contributed by atoms with van der Waals surface area (Å²) in [5, 5.41) is 0.738. The minimum atomic E-state index is -1.31. The number of benzene rings is 3. The number of hydrogen-bond donors (Lipinski definition) is 2. The first-order valence-corrected chi connectivity index (χ1v) is 16.6. The molecule has 10 nitrogen and oxygen atoms in total. The van der Waals surface area contributed by atoms with E-state index in [2.05, 4.69) is 10.2 Å². The van der Waals surface area contributed by atoms with Crippen molar-refractivity contribution in [1.29, 1.82) is 0 Å². The molecule has 4 N–H and O–H groups in total. The van der Waals surface area contributed by atoms with Crippen LogP contribution in [0.25, 0.3) is 0 Å². The van der Waals surface area contributed by atoms with E-state index in [0.717, 1.165) is 19.3 Å². The molecule has 0 radical (unpaired) electrons. The van der Waals surface area contributed by atoms with Crippen molar-refractivity contribution in [2.45, 2.75) is 56.3 Å². The number of methoxy groups -OCH3 is 1. The first kappa shape index (κ1) is 34.6. The van der Waals surface area contributed by atoms with Crippen LogP contribution >= 0.6 is 23.2 Å². The Morgan fingerprint density at radius 2 is 1.76 bits per heavy atom. The molecule has 3 aromatic rings. The van der Waals surface area contributed by atoms with E-state index in [0.29, 0.717) is 44.3 Å². The molecular formula is C32H35Cl2N3O7S. The summed E-state index contributed by atoms with van der Waals surface area (Å²) in [7, 11) is -0.00922. The zero-order valence-corrected chi connectivity index (χ0v) is 27.1. The fourth-order valence-corrected chi connectivity index (χ4v) is 7.45. The van der Waals surface area contributed by atoms with E-state index in [9.17, 15) is 18.6 Å². The lowest BCUT2D eigenvalue weighted by Gasteiger charge is -2.49. The maximum Gasteiger partial charge on any atom is 0.337 e. The predicted octanol–water partition coefficient (Wildman–Crippen LogP) is 4.68. The number of hydrogen-bond acceptors (Lipinski definition) is 6. The van der Waals surface area contributed by atoms with Gasteiger partial charge in [-0.2, -0.15) is 0 Å². The lowest BCUT2D eigenvalue weighted by molar-refractivity contribution is -0.138. The summed E-state index contributed by atoms with van der Waals surface area (Å²) in [6, 6.07) is 17.3. The second-order valence-electron chi connectivity index (χ2n) is 10.9. The third kappa shape index (κ3) is 7.57. The largest absolute Gasteiger partial charge is 0.465 e. The molecule has 0 bridgehead atoms. The number of nitrogens with one attached hydrogen (secondary N) is 2. The van der Waals surface area contributed by atoms with Gasteiger partial charge in [0.15, 0.2) is 0 Å². The van der Waals surface area contributed by atoms with Crippen molar-refractivity contribution >= 4 is 52.0 Å². The Kier molecular flexibility index (Phi) is 11.8. The van der Waals surface area contributed by atoms with Gasteiger partial charge >= 0.3 is 5.97 Å². The van der Waals surface area contributed by atoms with Gasteiger partial charge < -0.3 is 15.1 Å². The van der Waals surface area contributed by atoms with Crippen LogP contribution < -0.4 is 10.2 Å². The van der Waals surface area contributed by atoms with E-state index in [-0.39, 0.29) is 30.1 Å². The summed E-state index contributed by atoms with van der Waals surface area (Å²) < 4.78 is 20.2. The molecule has 2 aliphatic rings. The van der Waals surface area contributed by atoms with Gasteiger partial charge in [-0.15, -0.1) is 0 Å². The summed E-state index contributed by atoms with van der Waals surface area (Å²) >= 11 is 13.0. The molecular weight excluding hydrogens is 641 g/mol. The molecule has 13 heteroatoms. The number of carbonyl (C=O) groups excluding carboxylic acids is 3. The van der Waals surface area contributed by atoms with Crippen molar-refractivity contribution in [1.82, 2.24) is 15.1 Å². The number of rotatable bonds is 9. The van der Waals surface area contributed by atoms with E-state index in [1.54, 1.807) is 77.9 Å². The van der Waals surface area contributed by atoms with Gasteiger partial charge in [-0.3, -0.25) is 14.4 Å². The van der Waals surface area contributed by atoms with Crippen molar-refractivity contribution in [3.63, 3.8) is 0 Å². The number of hydroxylamine groups is 1. The molecule has 5 atom stereocenters. The first-order valence-electron chi connectivity index (χ1n) is 14.2. The zero-order chi connectivity index (χ0) is 31.4. The Hall–Kier alpha value is -3.32. The van der Waals surface area contributed by atoms with Gasteiger partial charge in [0.1, 0.15) is 0 Å². The Balaban J connectivity index is 0.00000461. The van der Waals surface area contributed by atoms with Crippen molar-refractivity contribution in [3.8, 4) is 0 Å². The summed E-state index contributed by atoms with van der Waals surface area (Å²) in [6.07, 6.45) is 4.75. The van der Waals surface area contributed by atoms with Crippen LogP contribution in [-0.4, -0.2) is 57.8 Å². The third-order valence-electron chi connectivity index (χ3n) is 8.10. The molecule has 1 unspecified atom stereocenters. The van der Waals surface area contributed by atoms with Gasteiger partial charge in [0.25, 0.3) is 11.8 Å². The van der Waals surface area contributed by atoms with Crippen LogP contribution in [-0.2, 0) is 32.0 Å². The van der Waals surface area contributed by atoms with E-state index in [1.165, 1.54) is 7.11 Å². The van der Waals surface area contributed by atoms with Crippen LogP contribution in [0.15, 0.2) is 66.7 Å². The number of esters is 1. The van der Waals surface area contributed by atoms with Gasteiger partial charge in [-0.1, -0.05) is 72.4 Å². The molecule has 0 spiro atoms. The smallest absolute Gasteiger partial charge is 0.337 e. The molecule has 1 saturated carbocycles. The van der Waals surface area contributed by atoms with Gasteiger partial charge in [-0.25, -0.2) is 19.2 Å². The lowest BCUT2D eigenvalue weighted by atomic mass is 9.76. The quantitative estimate of drug-likeness (QED) is 0.249. The second-order valence-corrected chi connectivity index (χ2v) is 12.9. The lowest BCUT2D eigenvalue weighted by Crippen LogP contribution is -2.58. The highest BCUT2D eigenvalue weighted by atomic mass is 35.5. The Morgan fingerprint density at radius 1 is 1.00 bits per heavy atom. The third-order valence-corrected chi connectivity index (χ3v) is 9.30. The van der Waals surface area contributed by atoms with Crippen LogP contribution in [0, 0.1) is 0 Å². The molecule has 240 valence electrons. The van der Waals surface area contributed by atoms with E-state index in [4.69, 9.17) is 32.8 Å². The maximum absolute atomic E-state index is 14.3. The molecule has 1 aliphatic carbocycles. The molecule has 2 amide bonds. The number of fused-ring (bicyclic) bond motifs is 1.